The molecule has 0 bridgehead atoms. The van der Waals surface area contributed by atoms with Crippen LogP contribution in [0.5, 0.6) is 0 Å². The summed E-state index contributed by atoms with van der Waals surface area (Å²) in [5.74, 6) is 0.358. The Morgan fingerprint density at radius 3 is 2.83 bits per heavy atom. The molecule has 0 radical (unpaired) electrons. The topological polar surface area (TPSA) is 45.0 Å². The third-order valence-corrected chi connectivity index (χ3v) is 4.35. The zero-order chi connectivity index (χ0) is 13.2. The van der Waals surface area contributed by atoms with Crippen LogP contribution in [-0.2, 0) is 4.74 Å². The van der Waals surface area contributed by atoms with Crippen molar-refractivity contribution in [2.75, 3.05) is 19.0 Å². The maximum Gasteiger partial charge on any atom is 0.151 e. The van der Waals surface area contributed by atoms with Gasteiger partial charge in [-0.1, -0.05) is 11.6 Å². The molecule has 1 unspecified atom stereocenters. The van der Waals surface area contributed by atoms with Gasteiger partial charge in [-0.3, -0.25) is 0 Å². The minimum Gasteiger partial charge on any atom is -0.381 e. The normalized spacial score (nSPS) is 17.9. The molecule has 1 N–H and O–H groups in total. The highest BCUT2D eigenvalue weighted by Crippen LogP contribution is 2.42. The van der Waals surface area contributed by atoms with Crippen LogP contribution in [0.15, 0.2) is 22.7 Å². The highest BCUT2D eigenvalue weighted by molar-refractivity contribution is 9.10. The zero-order valence-corrected chi connectivity index (χ0v) is 12.4. The van der Waals surface area contributed by atoms with Gasteiger partial charge in [-0.05, 0) is 52.9 Å². The Morgan fingerprint density at radius 2 is 2.33 bits per heavy atom. The molecular weight excluding hydrogens is 316 g/mol. The largest absolute Gasteiger partial charge is 0.381 e. The molecule has 2 rings (SSSR count). The van der Waals surface area contributed by atoms with Crippen molar-refractivity contribution in [2.45, 2.75) is 18.4 Å². The number of nitriles is 1. The van der Waals surface area contributed by atoms with E-state index in [0.717, 1.165) is 23.0 Å². The maximum absolute atomic E-state index is 9.47. The van der Waals surface area contributed by atoms with Crippen molar-refractivity contribution in [2.24, 2.45) is 5.92 Å². The molecule has 18 heavy (non-hydrogen) atoms. The number of ether oxygens (including phenoxy) is 1. The summed E-state index contributed by atoms with van der Waals surface area (Å²) in [5.41, 5.74) is 0.235. The molecule has 0 heterocycles. The minimum atomic E-state index is -0.637. The standard InChI is InChI=1S/C13H14BrClN2O/c1-18-8-13(7-16,9-2-3-9)17-10-4-5-12(15)11(14)6-10/h4-6,9,17H,2-3,8H2,1H3. The van der Waals surface area contributed by atoms with Crippen molar-refractivity contribution < 1.29 is 4.74 Å². The summed E-state index contributed by atoms with van der Waals surface area (Å²) in [6.45, 7) is 0.383. The molecule has 0 saturated heterocycles. The predicted octanol–water partition coefficient (Wildman–Crippen LogP) is 3.83. The highest BCUT2D eigenvalue weighted by Gasteiger charge is 2.46. The zero-order valence-electron chi connectivity index (χ0n) is 10.0. The van der Waals surface area contributed by atoms with E-state index in [0.29, 0.717) is 17.5 Å². The lowest BCUT2D eigenvalue weighted by Crippen LogP contribution is -2.43. The van der Waals surface area contributed by atoms with Crippen LogP contribution in [-0.4, -0.2) is 19.3 Å². The van der Waals surface area contributed by atoms with E-state index in [9.17, 15) is 5.26 Å². The number of halogens is 2. The van der Waals surface area contributed by atoms with Gasteiger partial charge in [-0.25, -0.2) is 0 Å². The molecular formula is C13H14BrClN2O. The molecule has 1 saturated carbocycles. The SMILES string of the molecule is COCC(C#N)(Nc1ccc(Cl)c(Br)c1)C1CC1. The number of hydrogen-bond acceptors (Lipinski definition) is 3. The molecule has 3 nitrogen and oxygen atoms in total. The van der Waals surface area contributed by atoms with E-state index in [1.165, 1.54) is 0 Å². The molecule has 1 aliphatic carbocycles. The van der Waals surface area contributed by atoms with Crippen molar-refractivity contribution in [3.05, 3.63) is 27.7 Å². The molecule has 0 spiro atoms. The first kappa shape index (κ1) is 13.7. The fraction of sp³-hybridized carbons (Fsp3) is 0.462. The van der Waals surface area contributed by atoms with E-state index in [1.54, 1.807) is 13.2 Å². The molecule has 1 aromatic carbocycles. The number of methoxy groups -OCH3 is 1. The number of rotatable bonds is 5. The van der Waals surface area contributed by atoms with Gasteiger partial charge < -0.3 is 10.1 Å². The Bertz CT molecular complexity index is 484. The lowest BCUT2D eigenvalue weighted by Gasteiger charge is -2.28. The van der Waals surface area contributed by atoms with Gasteiger partial charge in [0.2, 0.25) is 0 Å². The highest BCUT2D eigenvalue weighted by atomic mass is 79.9. The molecule has 0 aliphatic heterocycles. The molecule has 1 aliphatic rings. The van der Waals surface area contributed by atoms with Crippen molar-refractivity contribution in [3.8, 4) is 6.07 Å². The lowest BCUT2D eigenvalue weighted by atomic mass is 9.95. The molecule has 1 aromatic rings. The lowest BCUT2D eigenvalue weighted by molar-refractivity contribution is 0.155. The van der Waals surface area contributed by atoms with E-state index in [-0.39, 0.29) is 0 Å². The van der Waals surface area contributed by atoms with Crippen LogP contribution >= 0.6 is 27.5 Å². The van der Waals surface area contributed by atoms with Gasteiger partial charge in [0.1, 0.15) is 0 Å². The number of hydrogen-bond donors (Lipinski definition) is 1. The van der Waals surface area contributed by atoms with Crippen LogP contribution in [0.1, 0.15) is 12.8 Å². The number of benzene rings is 1. The summed E-state index contributed by atoms with van der Waals surface area (Å²) < 4.78 is 6.02. The van der Waals surface area contributed by atoms with E-state index in [2.05, 4.69) is 27.3 Å². The Labute approximate surface area is 120 Å². The van der Waals surface area contributed by atoms with Gasteiger partial charge in [-0.15, -0.1) is 0 Å². The van der Waals surface area contributed by atoms with E-state index >= 15 is 0 Å². The molecule has 96 valence electrons. The van der Waals surface area contributed by atoms with Gasteiger partial charge in [0.05, 0.1) is 17.7 Å². The summed E-state index contributed by atoms with van der Waals surface area (Å²) >= 11 is 9.34. The second-order valence-electron chi connectivity index (χ2n) is 4.54. The van der Waals surface area contributed by atoms with E-state index in [1.807, 2.05) is 12.1 Å². The van der Waals surface area contributed by atoms with Crippen LogP contribution < -0.4 is 5.32 Å². The summed E-state index contributed by atoms with van der Waals surface area (Å²) in [4.78, 5) is 0. The first-order chi connectivity index (χ1) is 8.61. The maximum atomic E-state index is 9.47. The summed E-state index contributed by atoms with van der Waals surface area (Å²) in [5, 5.41) is 13.4. The first-order valence-electron chi connectivity index (χ1n) is 5.75. The summed E-state index contributed by atoms with van der Waals surface area (Å²) in [6.07, 6.45) is 2.14. The molecule has 1 atom stereocenters. The van der Waals surface area contributed by atoms with E-state index < -0.39 is 5.54 Å². The van der Waals surface area contributed by atoms with Crippen LogP contribution in [0.25, 0.3) is 0 Å². The fourth-order valence-corrected chi connectivity index (χ4v) is 2.54. The Kier molecular flexibility index (Phi) is 4.16. The van der Waals surface area contributed by atoms with Crippen LogP contribution in [0.3, 0.4) is 0 Å². The Morgan fingerprint density at radius 1 is 1.61 bits per heavy atom. The molecule has 1 fully saturated rings. The first-order valence-corrected chi connectivity index (χ1v) is 6.92. The summed E-state index contributed by atoms with van der Waals surface area (Å²) in [7, 11) is 1.62. The molecule has 5 heteroatoms. The monoisotopic (exact) mass is 328 g/mol. The number of nitrogens with one attached hydrogen (secondary N) is 1. The minimum absolute atomic E-state index is 0.358. The molecule has 0 amide bonds. The van der Waals surface area contributed by atoms with Gasteiger partial charge in [-0.2, -0.15) is 5.26 Å². The third kappa shape index (κ3) is 2.80. The third-order valence-electron chi connectivity index (χ3n) is 3.13. The van der Waals surface area contributed by atoms with Crippen LogP contribution in [0, 0.1) is 17.2 Å². The second-order valence-corrected chi connectivity index (χ2v) is 5.81. The van der Waals surface area contributed by atoms with Crippen LogP contribution in [0.2, 0.25) is 5.02 Å². The predicted molar refractivity (Wildman–Crippen MR) is 75.7 cm³/mol. The van der Waals surface area contributed by atoms with Crippen molar-refractivity contribution >= 4 is 33.2 Å². The van der Waals surface area contributed by atoms with Gasteiger partial charge in [0.15, 0.2) is 5.54 Å². The van der Waals surface area contributed by atoms with Crippen LogP contribution in [0.4, 0.5) is 5.69 Å². The fourth-order valence-electron chi connectivity index (χ4n) is 2.04. The number of nitrogens with zero attached hydrogens (tertiary/aromatic N) is 1. The average Bonchev–Trinajstić information content (AvgIpc) is 3.17. The smallest absolute Gasteiger partial charge is 0.151 e. The summed E-state index contributed by atoms with van der Waals surface area (Å²) in [6, 6.07) is 7.93. The second kappa shape index (κ2) is 5.48. The molecule has 0 aromatic heterocycles. The van der Waals surface area contributed by atoms with Crippen molar-refractivity contribution in [3.63, 3.8) is 0 Å². The number of anilines is 1. The van der Waals surface area contributed by atoms with Crippen molar-refractivity contribution in [1.29, 1.82) is 5.26 Å². The Balaban J connectivity index is 2.23. The van der Waals surface area contributed by atoms with Gasteiger partial charge >= 0.3 is 0 Å². The van der Waals surface area contributed by atoms with Crippen molar-refractivity contribution in [1.82, 2.24) is 0 Å². The average molecular weight is 330 g/mol. The van der Waals surface area contributed by atoms with Gasteiger partial charge in [0, 0.05) is 17.3 Å². The Hall–Kier alpha value is -0.760. The van der Waals surface area contributed by atoms with E-state index in [4.69, 9.17) is 16.3 Å². The quantitative estimate of drug-likeness (QED) is 0.893. The van der Waals surface area contributed by atoms with Gasteiger partial charge in [0.25, 0.3) is 0 Å².